The molecule has 0 unspecified atom stereocenters. The Morgan fingerprint density at radius 2 is 1.73 bits per heavy atom. The summed E-state index contributed by atoms with van der Waals surface area (Å²) in [6, 6.07) is 16.8. The summed E-state index contributed by atoms with van der Waals surface area (Å²) < 4.78 is 15.9. The summed E-state index contributed by atoms with van der Waals surface area (Å²) in [5, 5.41) is 4.62. The van der Waals surface area contributed by atoms with E-state index in [1.165, 1.54) is 5.56 Å². The first-order chi connectivity index (χ1) is 12.8. The molecule has 0 radical (unpaired) electrons. The van der Waals surface area contributed by atoms with Gasteiger partial charge in [0.2, 0.25) is 0 Å². The van der Waals surface area contributed by atoms with E-state index >= 15 is 0 Å². The molecule has 0 amide bonds. The van der Waals surface area contributed by atoms with E-state index in [9.17, 15) is 0 Å². The molecule has 0 aliphatic carbocycles. The van der Waals surface area contributed by atoms with E-state index < -0.39 is 0 Å². The molecule has 0 atom stereocenters. The molecule has 5 heteroatoms. The van der Waals surface area contributed by atoms with E-state index in [2.05, 4.69) is 40.6 Å². The van der Waals surface area contributed by atoms with Gasteiger partial charge in [-0.3, -0.25) is 0 Å². The number of hydrogen-bond acceptors (Lipinski definition) is 4. The molecule has 3 rings (SSSR count). The van der Waals surface area contributed by atoms with E-state index in [4.69, 9.17) is 14.2 Å². The lowest BCUT2D eigenvalue weighted by Gasteiger charge is -2.11. The number of anilines is 1. The predicted molar refractivity (Wildman–Crippen MR) is 106 cm³/mol. The summed E-state index contributed by atoms with van der Waals surface area (Å²) in [6.45, 7) is 3.15. The van der Waals surface area contributed by atoms with Crippen molar-refractivity contribution in [2.45, 2.75) is 6.61 Å². The smallest absolute Gasteiger partial charge is 0.0719 e. The zero-order chi connectivity index (χ0) is 18.2. The fraction of sp³-hybridized carbons (Fsp3) is 0.333. The molecular weight excluding hydrogens is 328 g/mol. The molecule has 138 valence electrons. The second kappa shape index (κ2) is 9.38. The first-order valence-corrected chi connectivity index (χ1v) is 8.82. The van der Waals surface area contributed by atoms with Gasteiger partial charge in [0.15, 0.2) is 0 Å². The van der Waals surface area contributed by atoms with Crippen molar-refractivity contribution in [3.63, 3.8) is 0 Å². The van der Waals surface area contributed by atoms with Gasteiger partial charge in [-0.15, -0.1) is 0 Å². The van der Waals surface area contributed by atoms with E-state index in [0.29, 0.717) is 26.4 Å². The third kappa shape index (κ3) is 4.64. The Balaban J connectivity index is 1.89. The number of aromatic nitrogens is 1. The maximum absolute atomic E-state index is 5.69. The summed E-state index contributed by atoms with van der Waals surface area (Å²) >= 11 is 0. The minimum Gasteiger partial charge on any atom is -0.383 e. The highest BCUT2D eigenvalue weighted by Crippen LogP contribution is 2.30. The van der Waals surface area contributed by atoms with Crippen LogP contribution in [0.25, 0.3) is 22.2 Å². The Morgan fingerprint density at radius 3 is 2.50 bits per heavy atom. The Bertz CT molecular complexity index is 815. The number of H-pyrrole nitrogens is 1. The molecule has 0 spiro atoms. The summed E-state index contributed by atoms with van der Waals surface area (Å²) in [4.78, 5) is 3.55. The summed E-state index contributed by atoms with van der Waals surface area (Å²) in [6.07, 6.45) is 0. The van der Waals surface area contributed by atoms with Gasteiger partial charge in [-0.1, -0.05) is 30.3 Å². The Morgan fingerprint density at radius 1 is 0.923 bits per heavy atom. The first kappa shape index (κ1) is 18.5. The van der Waals surface area contributed by atoms with Gasteiger partial charge in [0.1, 0.15) is 0 Å². The minimum absolute atomic E-state index is 0.560. The van der Waals surface area contributed by atoms with Gasteiger partial charge < -0.3 is 24.5 Å². The molecule has 0 aliphatic heterocycles. The van der Waals surface area contributed by atoms with Crippen LogP contribution in [0.5, 0.6) is 0 Å². The van der Waals surface area contributed by atoms with Crippen molar-refractivity contribution in [1.82, 2.24) is 4.98 Å². The SMILES string of the molecule is COCCNc1cc(COCCOC)cc2cc(-c3ccccc3)[nH]c12. The molecular formula is C21H26N2O3. The fourth-order valence-electron chi connectivity index (χ4n) is 2.92. The van der Waals surface area contributed by atoms with Crippen LogP contribution in [0, 0.1) is 0 Å². The van der Waals surface area contributed by atoms with Crippen molar-refractivity contribution in [2.75, 3.05) is 45.9 Å². The number of fused-ring (bicyclic) bond motifs is 1. The zero-order valence-corrected chi connectivity index (χ0v) is 15.4. The van der Waals surface area contributed by atoms with Crippen molar-refractivity contribution >= 4 is 16.6 Å². The molecule has 0 fully saturated rings. The van der Waals surface area contributed by atoms with Crippen molar-refractivity contribution in [1.29, 1.82) is 0 Å². The topological polar surface area (TPSA) is 55.5 Å². The number of methoxy groups -OCH3 is 2. The van der Waals surface area contributed by atoms with Crippen molar-refractivity contribution < 1.29 is 14.2 Å². The van der Waals surface area contributed by atoms with Crippen LogP contribution in [0.4, 0.5) is 5.69 Å². The molecule has 3 aromatic rings. The lowest BCUT2D eigenvalue weighted by Crippen LogP contribution is -2.08. The number of nitrogens with one attached hydrogen (secondary N) is 2. The lowest BCUT2D eigenvalue weighted by molar-refractivity contribution is 0.0617. The molecule has 0 bridgehead atoms. The van der Waals surface area contributed by atoms with Crippen molar-refractivity contribution in [3.8, 4) is 11.3 Å². The first-order valence-electron chi connectivity index (χ1n) is 8.82. The number of rotatable bonds is 10. The highest BCUT2D eigenvalue weighted by atomic mass is 16.5. The average Bonchev–Trinajstić information content (AvgIpc) is 3.10. The third-order valence-corrected chi connectivity index (χ3v) is 4.20. The van der Waals surface area contributed by atoms with Gasteiger partial charge in [0.25, 0.3) is 0 Å². The monoisotopic (exact) mass is 354 g/mol. The maximum atomic E-state index is 5.69. The number of benzene rings is 2. The number of hydrogen-bond donors (Lipinski definition) is 2. The van der Waals surface area contributed by atoms with Gasteiger partial charge in [0.05, 0.1) is 37.6 Å². The number of ether oxygens (including phenoxy) is 3. The van der Waals surface area contributed by atoms with Crippen LogP contribution in [-0.2, 0) is 20.8 Å². The van der Waals surface area contributed by atoms with Gasteiger partial charge in [-0.05, 0) is 29.3 Å². The second-order valence-electron chi connectivity index (χ2n) is 6.12. The third-order valence-electron chi connectivity index (χ3n) is 4.20. The van der Waals surface area contributed by atoms with Crippen LogP contribution < -0.4 is 5.32 Å². The van der Waals surface area contributed by atoms with Crippen LogP contribution in [0.1, 0.15) is 5.56 Å². The molecule has 0 saturated carbocycles. The normalized spacial score (nSPS) is 11.2. The summed E-state index contributed by atoms with van der Waals surface area (Å²) in [5.41, 5.74) is 5.57. The lowest BCUT2D eigenvalue weighted by atomic mass is 10.1. The Hall–Kier alpha value is -2.34. The summed E-state index contributed by atoms with van der Waals surface area (Å²) in [7, 11) is 3.39. The van der Waals surface area contributed by atoms with Crippen LogP contribution in [0.3, 0.4) is 0 Å². The molecule has 1 aromatic heterocycles. The molecule has 2 N–H and O–H groups in total. The van der Waals surface area contributed by atoms with Crippen LogP contribution >= 0.6 is 0 Å². The molecule has 1 heterocycles. The molecule has 26 heavy (non-hydrogen) atoms. The van der Waals surface area contributed by atoms with E-state index in [1.807, 2.05) is 18.2 Å². The zero-order valence-electron chi connectivity index (χ0n) is 15.4. The summed E-state index contributed by atoms with van der Waals surface area (Å²) in [5.74, 6) is 0. The molecule has 5 nitrogen and oxygen atoms in total. The van der Waals surface area contributed by atoms with Crippen LogP contribution in [0.15, 0.2) is 48.5 Å². The van der Waals surface area contributed by atoms with Crippen LogP contribution in [0.2, 0.25) is 0 Å². The standard InChI is InChI=1S/C21H26N2O3/c1-24-9-8-22-20-13-16(15-26-11-10-25-2)12-18-14-19(23-21(18)20)17-6-4-3-5-7-17/h3-7,12-14,22-23H,8-11,15H2,1-2H3. The predicted octanol–water partition coefficient (Wildman–Crippen LogP) is 4.06. The Kier molecular flexibility index (Phi) is 6.66. The quantitative estimate of drug-likeness (QED) is 0.539. The van der Waals surface area contributed by atoms with E-state index in [-0.39, 0.29) is 0 Å². The average molecular weight is 354 g/mol. The fourth-order valence-corrected chi connectivity index (χ4v) is 2.92. The Labute approximate surface area is 154 Å². The highest BCUT2D eigenvalue weighted by Gasteiger charge is 2.09. The van der Waals surface area contributed by atoms with Gasteiger partial charge in [-0.2, -0.15) is 0 Å². The van der Waals surface area contributed by atoms with Gasteiger partial charge >= 0.3 is 0 Å². The van der Waals surface area contributed by atoms with Gasteiger partial charge in [0, 0.05) is 31.8 Å². The largest absolute Gasteiger partial charge is 0.383 e. The van der Waals surface area contributed by atoms with Gasteiger partial charge in [-0.25, -0.2) is 0 Å². The molecule has 0 saturated heterocycles. The molecule has 0 aliphatic rings. The molecule has 2 aromatic carbocycles. The van der Waals surface area contributed by atoms with E-state index in [1.54, 1.807) is 14.2 Å². The van der Waals surface area contributed by atoms with Crippen molar-refractivity contribution in [3.05, 3.63) is 54.1 Å². The van der Waals surface area contributed by atoms with Crippen molar-refractivity contribution in [2.24, 2.45) is 0 Å². The number of aromatic amines is 1. The minimum atomic E-state index is 0.560. The van der Waals surface area contributed by atoms with E-state index in [0.717, 1.165) is 34.4 Å². The maximum Gasteiger partial charge on any atom is 0.0719 e. The highest BCUT2D eigenvalue weighted by molar-refractivity contribution is 5.95. The second-order valence-corrected chi connectivity index (χ2v) is 6.12. The van der Waals surface area contributed by atoms with Crippen LogP contribution in [-0.4, -0.2) is 45.6 Å².